The Hall–Kier alpha value is -4.20. The van der Waals surface area contributed by atoms with Crippen molar-refractivity contribution in [2.24, 2.45) is 28.1 Å². The van der Waals surface area contributed by atoms with E-state index in [1.165, 1.54) is 0 Å². The van der Waals surface area contributed by atoms with Crippen molar-refractivity contribution in [3.05, 3.63) is 83.1 Å². The van der Waals surface area contributed by atoms with Gasteiger partial charge in [0.25, 0.3) is 0 Å². The number of pyridine rings is 1. The topological polar surface area (TPSA) is 137 Å². The first-order valence-corrected chi connectivity index (χ1v) is 11.0. The lowest BCUT2D eigenvalue weighted by Crippen LogP contribution is -2.38. The van der Waals surface area contributed by atoms with Gasteiger partial charge in [-0.2, -0.15) is 0 Å². The molecule has 0 aliphatic carbocycles. The van der Waals surface area contributed by atoms with Crippen LogP contribution in [-0.4, -0.2) is 31.5 Å². The first kappa shape index (κ1) is 24.4. The van der Waals surface area contributed by atoms with Gasteiger partial charge in [0.2, 0.25) is 0 Å². The van der Waals surface area contributed by atoms with Crippen LogP contribution in [0.15, 0.2) is 71.3 Å². The highest BCUT2D eigenvalue weighted by Crippen LogP contribution is 2.28. The maximum atomic E-state index is 6.54. The summed E-state index contributed by atoms with van der Waals surface area (Å²) in [5, 5.41) is 6.68. The Morgan fingerprint density at radius 1 is 1.21 bits per heavy atom. The maximum absolute atomic E-state index is 6.54. The standard InChI is InChI=1S/C26H33N7O/c1-16(2)18(13-27)12-24(28)33-25-10-9-22-23(32-25)11-19(14-31-22)21(15-30-3)26(29)17-5-7-20(34-4)8-6-17/h5-16,25,32-33H,27-29H2,1-4H3/b18-13+,24-12+,26-21?,30-15?. The number of rotatable bonds is 8. The maximum Gasteiger partial charge on any atom is 0.118 e. The molecular weight excluding hydrogens is 426 g/mol. The molecule has 3 rings (SSSR count). The molecule has 8 heteroatoms. The minimum atomic E-state index is -0.210. The lowest BCUT2D eigenvalue weighted by Gasteiger charge is -2.24. The first-order valence-electron chi connectivity index (χ1n) is 11.0. The van der Waals surface area contributed by atoms with Crippen LogP contribution in [0, 0.1) is 5.92 Å². The van der Waals surface area contributed by atoms with Gasteiger partial charge >= 0.3 is 0 Å². The predicted molar refractivity (Wildman–Crippen MR) is 142 cm³/mol. The number of allylic oxidation sites excluding steroid dienone is 3. The van der Waals surface area contributed by atoms with E-state index < -0.39 is 0 Å². The Morgan fingerprint density at radius 2 is 1.94 bits per heavy atom. The molecule has 34 heavy (non-hydrogen) atoms. The lowest BCUT2D eigenvalue weighted by molar-refractivity contribution is 0.415. The number of anilines is 1. The second kappa shape index (κ2) is 11.1. The van der Waals surface area contributed by atoms with Crippen molar-refractivity contribution in [1.29, 1.82) is 0 Å². The molecule has 1 atom stereocenters. The van der Waals surface area contributed by atoms with Crippen LogP contribution in [0.4, 0.5) is 5.69 Å². The van der Waals surface area contributed by atoms with E-state index in [-0.39, 0.29) is 12.1 Å². The number of nitrogens with one attached hydrogen (secondary N) is 2. The van der Waals surface area contributed by atoms with Gasteiger partial charge in [-0.1, -0.05) is 13.8 Å². The average Bonchev–Trinajstić information content (AvgIpc) is 2.84. The van der Waals surface area contributed by atoms with Crippen molar-refractivity contribution in [3.63, 3.8) is 0 Å². The Balaban J connectivity index is 1.88. The molecular formula is C26H33N7O. The van der Waals surface area contributed by atoms with Crippen molar-refractivity contribution in [2.45, 2.75) is 20.0 Å². The molecule has 1 aliphatic rings. The van der Waals surface area contributed by atoms with Gasteiger partial charge in [-0.15, -0.1) is 0 Å². The summed E-state index contributed by atoms with van der Waals surface area (Å²) in [7, 11) is 3.34. The number of ether oxygens (including phenoxy) is 1. The van der Waals surface area contributed by atoms with E-state index in [1.54, 1.807) is 32.8 Å². The molecule has 0 radical (unpaired) electrons. The number of hydrogen-bond donors (Lipinski definition) is 5. The Bertz CT molecular complexity index is 1160. The van der Waals surface area contributed by atoms with Gasteiger partial charge in [-0.25, -0.2) is 0 Å². The largest absolute Gasteiger partial charge is 0.497 e. The molecule has 8 nitrogen and oxygen atoms in total. The molecule has 2 aromatic rings. The van der Waals surface area contributed by atoms with E-state index in [0.717, 1.165) is 39.4 Å². The van der Waals surface area contributed by atoms with Crippen molar-refractivity contribution >= 4 is 29.2 Å². The molecule has 0 fully saturated rings. The molecule has 1 aromatic heterocycles. The molecule has 1 aliphatic heterocycles. The van der Waals surface area contributed by atoms with E-state index in [9.17, 15) is 0 Å². The third-order valence-electron chi connectivity index (χ3n) is 5.44. The predicted octanol–water partition coefficient (Wildman–Crippen LogP) is 3.27. The van der Waals surface area contributed by atoms with E-state index in [1.807, 2.05) is 48.6 Å². The fourth-order valence-corrected chi connectivity index (χ4v) is 3.52. The molecule has 0 saturated heterocycles. The SMILES string of the molecule is CN=CC(=C(N)c1ccc(OC)cc1)c1cnc2c(c1)NC(N/C(N)=C/C(=C\N)C(C)C)C=C2. The summed E-state index contributed by atoms with van der Waals surface area (Å²) >= 11 is 0. The summed E-state index contributed by atoms with van der Waals surface area (Å²) < 4.78 is 5.24. The summed E-state index contributed by atoms with van der Waals surface area (Å²) in [5.74, 6) is 1.56. The van der Waals surface area contributed by atoms with Crippen LogP contribution in [0.2, 0.25) is 0 Å². The summed E-state index contributed by atoms with van der Waals surface area (Å²) in [5.41, 5.74) is 24.2. The number of hydrogen-bond acceptors (Lipinski definition) is 8. The number of fused-ring (bicyclic) bond motifs is 1. The number of benzene rings is 1. The zero-order valence-electron chi connectivity index (χ0n) is 20.0. The third-order valence-corrected chi connectivity index (χ3v) is 5.44. The van der Waals surface area contributed by atoms with Crippen LogP contribution in [-0.2, 0) is 0 Å². The summed E-state index contributed by atoms with van der Waals surface area (Å²) in [6, 6.07) is 9.59. The number of nitrogens with two attached hydrogens (primary N) is 3. The molecule has 8 N–H and O–H groups in total. The highest BCUT2D eigenvalue weighted by atomic mass is 16.5. The third kappa shape index (κ3) is 5.78. The van der Waals surface area contributed by atoms with E-state index in [2.05, 4.69) is 34.5 Å². The molecule has 0 saturated carbocycles. The molecule has 178 valence electrons. The summed E-state index contributed by atoms with van der Waals surface area (Å²) in [4.78, 5) is 8.81. The van der Waals surface area contributed by atoms with Crippen molar-refractivity contribution < 1.29 is 4.74 Å². The van der Waals surface area contributed by atoms with E-state index >= 15 is 0 Å². The van der Waals surface area contributed by atoms with Gasteiger partial charge in [0.1, 0.15) is 11.9 Å². The van der Waals surface area contributed by atoms with Crippen LogP contribution in [0.25, 0.3) is 17.3 Å². The first-order chi connectivity index (χ1) is 16.4. The van der Waals surface area contributed by atoms with E-state index in [4.69, 9.17) is 21.9 Å². The average molecular weight is 460 g/mol. The molecule has 1 aromatic carbocycles. The minimum Gasteiger partial charge on any atom is -0.497 e. The van der Waals surface area contributed by atoms with Crippen LogP contribution in [0.3, 0.4) is 0 Å². The van der Waals surface area contributed by atoms with E-state index in [0.29, 0.717) is 11.5 Å². The van der Waals surface area contributed by atoms with Crippen molar-refractivity contribution in [1.82, 2.24) is 10.3 Å². The normalized spacial score (nSPS) is 16.8. The fraction of sp³-hybridized carbons (Fsp3) is 0.231. The number of methoxy groups -OCH3 is 1. The van der Waals surface area contributed by atoms with Crippen LogP contribution >= 0.6 is 0 Å². The minimum absolute atomic E-state index is 0.210. The van der Waals surface area contributed by atoms with Crippen molar-refractivity contribution in [3.8, 4) is 5.75 Å². The number of aromatic nitrogens is 1. The van der Waals surface area contributed by atoms with Gasteiger partial charge in [-0.3, -0.25) is 9.98 Å². The zero-order valence-corrected chi connectivity index (χ0v) is 20.0. The molecule has 2 heterocycles. The number of nitrogens with zero attached hydrogens (tertiary/aromatic N) is 2. The second-order valence-electron chi connectivity index (χ2n) is 8.15. The number of aliphatic imine (C=N–C) groups is 1. The second-order valence-corrected chi connectivity index (χ2v) is 8.15. The van der Waals surface area contributed by atoms with Gasteiger partial charge in [-0.05, 0) is 71.8 Å². The highest BCUT2D eigenvalue weighted by Gasteiger charge is 2.16. The fourth-order valence-electron chi connectivity index (χ4n) is 3.52. The van der Waals surface area contributed by atoms with Crippen LogP contribution in [0.1, 0.15) is 30.7 Å². The van der Waals surface area contributed by atoms with Gasteiger partial charge in [0.15, 0.2) is 0 Å². The van der Waals surface area contributed by atoms with Gasteiger partial charge < -0.3 is 32.6 Å². The zero-order chi connectivity index (χ0) is 24.7. The van der Waals surface area contributed by atoms with Crippen molar-refractivity contribution in [2.75, 3.05) is 19.5 Å². The quantitative estimate of drug-likeness (QED) is 0.302. The Kier molecular flexibility index (Phi) is 7.97. The van der Waals surface area contributed by atoms with Gasteiger partial charge in [0, 0.05) is 36.3 Å². The lowest BCUT2D eigenvalue weighted by atomic mass is 10.0. The Labute approximate surface area is 201 Å². The highest BCUT2D eigenvalue weighted by molar-refractivity contribution is 6.19. The molecule has 0 amide bonds. The smallest absolute Gasteiger partial charge is 0.118 e. The molecule has 1 unspecified atom stereocenters. The van der Waals surface area contributed by atoms with Crippen LogP contribution in [0.5, 0.6) is 5.75 Å². The van der Waals surface area contributed by atoms with Gasteiger partial charge in [0.05, 0.1) is 24.3 Å². The monoisotopic (exact) mass is 459 g/mol. The van der Waals surface area contributed by atoms with Crippen LogP contribution < -0.4 is 32.6 Å². The summed E-state index contributed by atoms with van der Waals surface area (Å²) in [6.45, 7) is 4.13. The summed E-state index contributed by atoms with van der Waals surface area (Å²) in [6.07, 6.45) is 10.7. The molecule has 0 spiro atoms. The molecule has 0 bridgehead atoms. The Morgan fingerprint density at radius 3 is 2.56 bits per heavy atom.